The van der Waals surface area contributed by atoms with Gasteiger partial charge in [-0.3, -0.25) is 4.79 Å². The standard InChI is InChI=1S/C13H26N2O2Si/c1-10(2)8-12(11(16)9-15-14)17-18(6,7)13(3,4)5/h9-10,12H,8H2,1-7H3/t12-/m0/s1. The van der Waals surface area contributed by atoms with Gasteiger partial charge in [-0.2, -0.15) is 4.79 Å². The third-order valence-corrected chi connectivity index (χ3v) is 7.92. The highest BCUT2D eigenvalue weighted by Gasteiger charge is 2.41. The molecule has 0 radical (unpaired) electrons. The molecule has 1 atom stereocenters. The summed E-state index contributed by atoms with van der Waals surface area (Å²) in [5.74, 6) is 0.104. The molecule has 4 nitrogen and oxygen atoms in total. The molecule has 5 heteroatoms. The van der Waals surface area contributed by atoms with Crippen LogP contribution in [0.15, 0.2) is 0 Å². The molecule has 104 valence electrons. The first-order valence-corrected chi connectivity index (χ1v) is 9.31. The van der Waals surface area contributed by atoms with Gasteiger partial charge in [0.2, 0.25) is 0 Å². The van der Waals surface area contributed by atoms with Crippen LogP contribution >= 0.6 is 0 Å². The van der Waals surface area contributed by atoms with Gasteiger partial charge in [0.15, 0.2) is 8.32 Å². The van der Waals surface area contributed by atoms with Crippen molar-refractivity contribution in [2.75, 3.05) is 0 Å². The number of carbonyl (C=O) groups is 1. The number of rotatable bonds is 6. The van der Waals surface area contributed by atoms with E-state index in [1.807, 2.05) is 13.8 Å². The zero-order valence-electron chi connectivity index (χ0n) is 12.7. The molecule has 0 fully saturated rings. The van der Waals surface area contributed by atoms with Crippen molar-refractivity contribution in [2.24, 2.45) is 5.92 Å². The SMILES string of the molecule is CC(C)C[C@H](O[Si](C)(C)C(C)(C)C)C(=O)C=[N+]=[N-]. The van der Waals surface area contributed by atoms with Crippen molar-refractivity contribution in [1.82, 2.24) is 0 Å². The maximum Gasteiger partial charge on any atom is 0.325 e. The van der Waals surface area contributed by atoms with Gasteiger partial charge in [0.25, 0.3) is 5.78 Å². The minimum absolute atomic E-state index is 0.0544. The van der Waals surface area contributed by atoms with Crippen LogP contribution in [0.5, 0.6) is 0 Å². The van der Waals surface area contributed by atoms with Crippen molar-refractivity contribution in [3.8, 4) is 0 Å². The van der Waals surface area contributed by atoms with E-state index in [4.69, 9.17) is 9.96 Å². The summed E-state index contributed by atoms with van der Waals surface area (Å²) in [5, 5.41) is 0.0544. The van der Waals surface area contributed by atoms with Gasteiger partial charge in [0.1, 0.15) is 6.10 Å². The van der Waals surface area contributed by atoms with E-state index >= 15 is 0 Å². The van der Waals surface area contributed by atoms with Crippen LogP contribution in [0.4, 0.5) is 0 Å². The molecule has 0 aromatic carbocycles. The summed E-state index contributed by atoms with van der Waals surface area (Å²) in [6.07, 6.45) is 1.10. The number of Topliss-reactive ketones (excluding diaryl/α,β-unsaturated/α-hetero) is 1. The van der Waals surface area contributed by atoms with Crippen LogP contribution < -0.4 is 0 Å². The van der Waals surface area contributed by atoms with Gasteiger partial charge < -0.3 is 9.96 Å². The van der Waals surface area contributed by atoms with E-state index < -0.39 is 14.4 Å². The van der Waals surface area contributed by atoms with Crippen LogP contribution in [-0.2, 0) is 9.22 Å². The molecule has 0 unspecified atom stereocenters. The molecule has 0 saturated carbocycles. The Hall–Kier alpha value is -0.773. The van der Waals surface area contributed by atoms with Gasteiger partial charge in [-0.1, -0.05) is 34.6 Å². The summed E-state index contributed by atoms with van der Waals surface area (Å²) in [4.78, 5) is 14.7. The van der Waals surface area contributed by atoms with E-state index in [0.29, 0.717) is 12.3 Å². The normalized spacial score (nSPS) is 14.2. The molecule has 0 rings (SSSR count). The fraction of sp³-hybridized carbons (Fsp3) is 0.846. The number of hydrogen-bond donors (Lipinski definition) is 0. The lowest BCUT2D eigenvalue weighted by molar-refractivity contribution is -0.123. The molecule has 0 aliphatic carbocycles. The maximum absolute atomic E-state index is 11.9. The monoisotopic (exact) mass is 270 g/mol. The average molecular weight is 270 g/mol. The Morgan fingerprint density at radius 3 is 2.22 bits per heavy atom. The van der Waals surface area contributed by atoms with E-state index in [2.05, 4.69) is 38.7 Å². The van der Waals surface area contributed by atoms with Gasteiger partial charge in [0, 0.05) is 0 Å². The molecule has 0 N–H and O–H groups in total. The van der Waals surface area contributed by atoms with Gasteiger partial charge in [-0.25, -0.2) is 0 Å². The Bertz CT molecular complexity index is 339. The van der Waals surface area contributed by atoms with E-state index in [9.17, 15) is 4.79 Å². The van der Waals surface area contributed by atoms with Crippen LogP contribution in [0.1, 0.15) is 41.0 Å². The number of carbonyl (C=O) groups excluding carboxylic acids is 1. The van der Waals surface area contributed by atoms with Crippen LogP contribution in [0, 0.1) is 5.92 Å². The average Bonchev–Trinajstić information content (AvgIpc) is 2.14. The second kappa shape index (κ2) is 6.41. The smallest absolute Gasteiger partial charge is 0.325 e. The first kappa shape index (κ1) is 17.2. The van der Waals surface area contributed by atoms with Crippen LogP contribution in [0.3, 0.4) is 0 Å². The fourth-order valence-corrected chi connectivity index (χ4v) is 2.60. The van der Waals surface area contributed by atoms with E-state index in [1.165, 1.54) is 0 Å². The molecule has 0 aliphatic heterocycles. The molecule has 0 spiro atoms. The van der Waals surface area contributed by atoms with Crippen LogP contribution in [-0.4, -0.2) is 31.2 Å². The van der Waals surface area contributed by atoms with Gasteiger partial charge in [-0.15, -0.1) is 0 Å². The van der Waals surface area contributed by atoms with Crippen molar-refractivity contribution in [1.29, 1.82) is 0 Å². The lowest BCUT2D eigenvalue weighted by Crippen LogP contribution is -2.46. The number of nitrogens with zero attached hydrogens (tertiary/aromatic N) is 2. The van der Waals surface area contributed by atoms with E-state index in [0.717, 1.165) is 6.21 Å². The lowest BCUT2D eigenvalue weighted by Gasteiger charge is -2.38. The summed E-state index contributed by atoms with van der Waals surface area (Å²) in [6, 6.07) is 0. The highest BCUT2D eigenvalue weighted by atomic mass is 28.4. The molecule has 0 bridgehead atoms. The molecular formula is C13H26N2O2Si. The van der Waals surface area contributed by atoms with Gasteiger partial charge in [0.05, 0.1) is 0 Å². The predicted molar refractivity (Wildman–Crippen MR) is 76.2 cm³/mol. The molecule has 0 amide bonds. The second-order valence-corrected chi connectivity index (χ2v) is 11.4. The quantitative estimate of drug-likeness (QED) is 0.322. The predicted octanol–water partition coefficient (Wildman–Crippen LogP) is 3.29. The zero-order valence-corrected chi connectivity index (χ0v) is 13.7. The third kappa shape index (κ3) is 5.25. The van der Waals surface area contributed by atoms with Crippen molar-refractivity contribution in [2.45, 2.75) is 65.3 Å². The van der Waals surface area contributed by atoms with Crippen molar-refractivity contribution >= 4 is 20.3 Å². The molecule has 0 heterocycles. The Morgan fingerprint density at radius 2 is 1.89 bits per heavy atom. The van der Waals surface area contributed by atoms with Crippen LogP contribution in [0.25, 0.3) is 5.53 Å². The van der Waals surface area contributed by atoms with Crippen molar-refractivity contribution in [3.63, 3.8) is 0 Å². The third-order valence-electron chi connectivity index (χ3n) is 3.43. The maximum atomic E-state index is 11.9. The molecule has 0 saturated heterocycles. The summed E-state index contributed by atoms with van der Waals surface area (Å²) < 4.78 is 6.11. The van der Waals surface area contributed by atoms with Crippen molar-refractivity contribution < 1.29 is 14.0 Å². The summed E-state index contributed by atoms with van der Waals surface area (Å²) in [5.41, 5.74) is 8.48. The molecular weight excluding hydrogens is 244 g/mol. The first-order valence-electron chi connectivity index (χ1n) is 6.40. The minimum atomic E-state index is -1.99. The molecule has 0 aromatic rings. The summed E-state index contributed by atoms with van der Waals surface area (Å²) in [7, 11) is -1.99. The first-order chi connectivity index (χ1) is 8.01. The Balaban J connectivity index is 5.01. The van der Waals surface area contributed by atoms with E-state index in [-0.39, 0.29) is 10.8 Å². The Labute approximate surface area is 111 Å². The lowest BCUT2D eigenvalue weighted by atomic mass is 10.0. The van der Waals surface area contributed by atoms with Crippen molar-refractivity contribution in [3.05, 3.63) is 5.53 Å². The van der Waals surface area contributed by atoms with Crippen LogP contribution in [0.2, 0.25) is 18.1 Å². The highest BCUT2D eigenvalue weighted by Crippen LogP contribution is 2.37. The second-order valence-electron chi connectivity index (χ2n) is 6.64. The van der Waals surface area contributed by atoms with Gasteiger partial charge in [-0.05, 0) is 30.5 Å². The topological polar surface area (TPSA) is 62.7 Å². The number of hydrogen-bond acceptors (Lipinski definition) is 2. The summed E-state index contributed by atoms with van der Waals surface area (Å²) >= 11 is 0. The van der Waals surface area contributed by atoms with E-state index in [1.54, 1.807) is 0 Å². The fourth-order valence-electron chi connectivity index (χ4n) is 1.32. The largest absolute Gasteiger partial charge is 0.406 e. The highest BCUT2D eigenvalue weighted by molar-refractivity contribution is 6.74. The zero-order chi connectivity index (χ0) is 14.6. The minimum Gasteiger partial charge on any atom is -0.406 e. The summed E-state index contributed by atoms with van der Waals surface area (Å²) in [6.45, 7) is 14.7. The Morgan fingerprint density at radius 1 is 1.39 bits per heavy atom. The van der Waals surface area contributed by atoms with Gasteiger partial charge >= 0.3 is 6.21 Å². The number of ketones is 1. The Kier molecular flexibility index (Phi) is 6.13. The molecule has 18 heavy (non-hydrogen) atoms. The molecule has 0 aliphatic rings. The molecule has 0 aromatic heterocycles.